The second-order valence-electron chi connectivity index (χ2n) is 5.15. The molecule has 19 heavy (non-hydrogen) atoms. The van der Waals surface area contributed by atoms with Crippen molar-refractivity contribution in [3.63, 3.8) is 0 Å². The van der Waals surface area contributed by atoms with Crippen molar-refractivity contribution in [1.29, 1.82) is 0 Å². The average molecular weight is 280 g/mol. The summed E-state index contributed by atoms with van der Waals surface area (Å²) in [5.74, 6) is 1.80. The molecule has 1 fully saturated rings. The van der Waals surface area contributed by atoms with Gasteiger partial charge in [0.15, 0.2) is 5.96 Å². The highest BCUT2D eigenvalue weighted by atomic mass is 35.5. The summed E-state index contributed by atoms with van der Waals surface area (Å²) in [6, 6.07) is 8.10. The van der Waals surface area contributed by atoms with Crippen molar-refractivity contribution < 1.29 is 0 Å². The predicted octanol–water partition coefficient (Wildman–Crippen LogP) is 3.37. The van der Waals surface area contributed by atoms with Crippen molar-refractivity contribution in [2.45, 2.75) is 32.2 Å². The van der Waals surface area contributed by atoms with Gasteiger partial charge < -0.3 is 10.6 Å². The Hall–Kier alpha value is -1.22. The van der Waals surface area contributed by atoms with E-state index in [1.165, 1.54) is 19.3 Å². The Kier molecular flexibility index (Phi) is 5.08. The molecule has 1 aromatic rings. The first kappa shape index (κ1) is 14.2. The Morgan fingerprint density at radius 1 is 1.47 bits per heavy atom. The van der Waals surface area contributed by atoms with Crippen LogP contribution in [0.3, 0.4) is 0 Å². The first-order chi connectivity index (χ1) is 9.19. The summed E-state index contributed by atoms with van der Waals surface area (Å²) >= 11 is 6.01. The number of hydrogen-bond donors (Lipinski definition) is 2. The van der Waals surface area contributed by atoms with Gasteiger partial charge in [-0.2, -0.15) is 0 Å². The molecule has 1 saturated carbocycles. The second kappa shape index (κ2) is 6.80. The Morgan fingerprint density at radius 2 is 2.26 bits per heavy atom. The van der Waals surface area contributed by atoms with Gasteiger partial charge in [0.2, 0.25) is 0 Å². The number of benzene rings is 1. The van der Waals surface area contributed by atoms with E-state index in [-0.39, 0.29) is 6.04 Å². The molecule has 0 aromatic heterocycles. The number of nitrogens with zero attached hydrogens (tertiary/aromatic N) is 1. The Morgan fingerprint density at radius 3 is 2.89 bits per heavy atom. The van der Waals surface area contributed by atoms with Gasteiger partial charge in [-0.15, -0.1) is 0 Å². The van der Waals surface area contributed by atoms with E-state index in [0.717, 1.165) is 29.0 Å². The molecule has 1 atom stereocenters. The highest BCUT2D eigenvalue weighted by molar-refractivity contribution is 6.30. The summed E-state index contributed by atoms with van der Waals surface area (Å²) in [4.78, 5) is 4.25. The van der Waals surface area contributed by atoms with Gasteiger partial charge in [-0.05, 0) is 37.0 Å². The fourth-order valence-electron chi connectivity index (χ4n) is 2.06. The third kappa shape index (κ3) is 4.75. The zero-order valence-corrected chi connectivity index (χ0v) is 12.4. The summed E-state index contributed by atoms with van der Waals surface area (Å²) in [7, 11) is 1.80. The molecule has 1 aliphatic carbocycles. The van der Waals surface area contributed by atoms with E-state index in [4.69, 9.17) is 11.6 Å². The smallest absolute Gasteiger partial charge is 0.191 e. The molecular weight excluding hydrogens is 258 g/mol. The molecule has 0 spiro atoms. The molecule has 0 heterocycles. The molecule has 4 heteroatoms. The molecule has 104 valence electrons. The first-order valence-electron chi connectivity index (χ1n) is 6.91. The van der Waals surface area contributed by atoms with E-state index in [1.54, 1.807) is 7.05 Å². The van der Waals surface area contributed by atoms with E-state index in [0.29, 0.717) is 0 Å². The summed E-state index contributed by atoms with van der Waals surface area (Å²) in [6.07, 6.45) is 4.03. The molecule has 2 N–H and O–H groups in total. The molecule has 0 radical (unpaired) electrons. The molecule has 0 bridgehead atoms. The number of guanidine groups is 1. The van der Waals surface area contributed by atoms with Crippen molar-refractivity contribution in [3.05, 3.63) is 34.9 Å². The van der Waals surface area contributed by atoms with Crippen LogP contribution in [-0.2, 0) is 0 Å². The maximum atomic E-state index is 6.01. The van der Waals surface area contributed by atoms with Crippen LogP contribution < -0.4 is 10.6 Å². The predicted molar refractivity (Wildman–Crippen MR) is 81.7 cm³/mol. The minimum atomic E-state index is 0.186. The van der Waals surface area contributed by atoms with Crippen molar-refractivity contribution >= 4 is 17.6 Å². The molecular formula is C15H22ClN3. The van der Waals surface area contributed by atoms with Gasteiger partial charge in [0, 0.05) is 18.6 Å². The average Bonchev–Trinajstić information content (AvgIpc) is 3.21. The fourth-order valence-corrected chi connectivity index (χ4v) is 2.26. The fraction of sp³-hybridized carbons (Fsp3) is 0.533. The standard InChI is InChI=1S/C15H22ClN3/c1-11(13-4-3-5-14(16)10-13)19-15(17-2)18-9-8-12-6-7-12/h3-5,10-12H,6-9H2,1-2H3,(H2,17,18,19). The normalized spacial score (nSPS) is 17.1. The molecule has 3 nitrogen and oxygen atoms in total. The Balaban J connectivity index is 1.82. The van der Waals surface area contributed by atoms with E-state index >= 15 is 0 Å². The molecule has 1 unspecified atom stereocenters. The van der Waals surface area contributed by atoms with Crippen molar-refractivity contribution in [2.75, 3.05) is 13.6 Å². The van der Waals surface area contributed by atoms with E-state index < -0.39 is 0 Å². The van der Waals surface area contributed by atoms with Gasteiger partial charge in [-0.3, -0.25) is 4.99 Å². The number of hydrogen-bond acceptors (Lipinski definition) is 1. The number of aliphatic imine (C=N–C) groups is 1. The van der Waals surface area contributed by atoms with Gasteiger partial charge in [0.25, 0.3) is 0 Å². The number of rotatable bonds is 5. The quantitative estimate of drug-likeness (QED) is 0.640. The van der Waals surface area contributed by atoms with E-state index in [2.05, 4.69) is 28.6 Å². The Bertz CT molecular complexity index is 441. The maximum Gasteiger partial charge on any atom is 0.191 e. The summed E-state index contributed by atoms with van der Waals surface area (Å²) in [6.45, 7) is 3.10. The van der Waals surface area contributed by atoms with E-state index in [9.17, 15) is 0 Å². The lowest BCUT2D eigenvalue weighted by atomic mass is 10.1. The van der Waals surface area contributed by atoms with Crippen LogP contribution in [0.15, 0.2) is 29.3 Å². The minimum Gasteiger partial charge on any atom is -0.356 e. The van der Waals surface area contributed by atoms with Crippen LogP contribution >= 0.6 is 11.6 Å². The summed E-state index contributed by atoms with van der Waals surface area (Å²) < 4.78 is 0. The van der Waals surface area contributed by atoms with Crippen LogP contribution in [0, 0.1) is 5.92 Å². The third-order valence-corrected chi connectivity index (χ3v) is 3.70. The Labute approximate surface area is 120 Å². The monoisotopic (exact) mass is 279 g/mol. The lowest BCUT2D eigenvalue weighted by Gasteiger charge is -2.18. The molecule has 2 rings (SSSR count). The zero-order valence-electron chi connectivity index (χ0n) is 11.6. The second-order valence-corrected chi connectivity index (χ2v) is 5.59. The number of nitrogens with one attached hydrogen (secondary N) is 2. The van der Waals surface area contributed by atoms with Crippen molar-refractivity contribution in [2.24, 2.45) is 10.9 Å². The topological polar surface area (TPSA) is 36.4 Å². The minimum absolute atomic E-state index is 0.186. The van der Waals surface area contributed by atoms with Crippen molar-refractivity contribution in [3.8, 4) is 0 Å². The highest BCUT2D eigenvalue weighted by Crippen LogP contribution is 2.31. The van der Waals surface area contributed by atoms with Gasteiger partial charge >= 0.3 is 0 Å². The van der Waals surface area contributed by atoms with Crippen LogP contribution in [-0.4, -0.2) is 19.6 Å². The van der Waals surface area contributed by atoms with Crippen LogP contribution in [0.1, 0.15) is 37.8 Å². The molecule has 0 amide bonds. The van der Waals surface area contributed by atoms with Gasteiger partial charge in [0.1, 0.15) is 0 Å². The highest BCUT2D eigenvalue weighted by Gasteiger charge is 2.20. The summed E-state index contributed by atoms with van der Waals surface area (Å²) in [5, 5.41) is 7.51. The SMILES string of the molecule is CN=C(NCCC1CC1)NC(C)c1cccc(Cl)c1. The lowest BCUT2D eigenvalue weighted by molar-refractivity contribution is 0.653. The molecule has 1 aromatic carbocycles. The van der Waals surface area contributed by atoms with Crippen molar-refractivity contribution in [1.82, 2.24) is 10.6 Å². The van der Waals surface area contributed by atoms with Crippen LogP contribution in [0.4, 0.5) is 0 Å². The van der Waals surface area contributed by atoms with Gasteiger partial charge in [0.05, 0.1) is 6.04 Å². The maximum absolute atomic E-state index is 6.01. The van der Waals surface area contributed by atoms with Crippen LogP contribution in [0.5, 0.6) is 0 Å². The molecule has 1 aliphatic rings. The van der Waals surface area contributed by atoms with Gasteiger partial charge in [-0.1, -0.05) is 36.6 Å². The number of halogens is 1. The lowest BCUT2D eigenvalue weighted by Crippen LogP contribution is -2.39. The van der Waals surface area contributed by atoms with Crippen LogP contribution in [0.25, 0.3) is 0 Å². The largest absolute Gasteiger partial charge is 0.356 e. The molecule has 0 aliphatic heterocycles. The molecule has 0 saturated heterocycles. The third-order valence-electron chi connectivity index (χ3n) is 3.47. The van der Waals surface area contributed by atoms with E-state index in [1.807, 2.05) is 18.2 Å². The van der Waals surface area contributed by atoms with Crippen LogP contribution in [0.2, 0.25) is 5.02 Å². The van der Waals surface area contributed by atoms with Gasteiger partial charge in [-0.25, -0.2) is 0 Å². The zero-order chi connectivity index (χ0) is 13.7. The summed E-state index contributed by atoms with van der Waals surface area (Å²) in [5.41, 5.74) is 1.16. The first-order valence-corrected chi connectivity index (χ1v) is 7.29.